The average molecular weight is 441 g/mol. The van der Waals surface area contributed by atoms with Crippen molar-refractivity contribution in [1.29, 1.82) is 0 Å². The van der Waals surface area contributed by atoms with E-state index in [-0.39, 0.29) is 24.0 Å². The number of methoxy groups -OCH3 is 1. The van der Waals surface area contributed by atoms with Gasteiger partial charge >= 0.3 is 0 Å². The molecule has 0 bridgehead atoms. The van der Waals surface area contributed by atoms with Crippen molar-refractivity contribution in [2.75, 3.05) is 46.6 Å². The highest BCUT2D eigenvalue weighted by Crippen LogP contribution is 2.30. The first-order chi connectivity index (χ1) is 10.8. The van der Waals surface area contributed by atoms with Crippen LogP contribution in [0.2, 0.25) is 0 Å². The highest BCUT2D eigenvalue weighted by Gasteiger charge is 2.18. The number of hydrogen-bond donors (Lipinski definition) is 2. The van der Waals surface area contributed by atoms with Crippen LogP contribution in [-0.2, 0) is 9.47 Å². The van der Waals surface area contributed by atoms with Crippen molar-refractivity contribution < 1.29 is 9.47 Å². The summed E-state index contributed by atoms with van der Waals surface area (Å²) in [4.78, 5) is 4.68. The Bertz CT molecular complexity index is 304. The van der Waals surface area contributed by atoms with E-state index in [0.717, 1.165) is 37.4 Å². The Balaban J connectivity index is 0.00000484. The summed E-state index contributed by atoms with van der Waals surface area (Å²) in [5.74, 6) is 2.67. The fraction of sp³-hybridized carbons (Fsp3) is 0.941. The molecule has 0 aromatic carbocycles. The van der Waals surface area contributed by atoms with Gasteiger partial charge in [0.15, 0.2) is 5.96 Å². The van der Waals surface area contributed by atoms with Gasteiger partial charge < -0.3 is 20.1 Å². The van der Waals surface area contributed by atoms with Crippen LogP contribution in [0.15, 0.2) is 4.99 Å². The zero-order chi connectivity index (χ0) is 16.0. The van der Waals surface area contributed by atoms with E-state index in [1.807, 2.05) is 0 Å². The fourth-order valence-electron chi connectivity index (χ4n) is 3.01. The molecule has 23 heavy (non-hydrogen) atoms. The lowest BCUT2D eigenvalue weighted by Gasteiger charge is -2.26. The molecule has 1 aliphatic carbocycles. The minimum Gasteiger partial charge on any atom is -0.382 e. The molecule has 0 amide bonds. The van der Waals surface area contributed by atoms with Crippen LogP contribution in [0, 0.1) is 11.8 Å². The highest BCUT2D eigenvalue weighted by atomic mass is 127. The second-order valence-electron chi connectivity index (χ2n) is 6.22. The van der Waals surface area contributed by atoms with E-state index in [2.05, 4.69) is 29.5 Å². The van der Waals surface area contributed by atoms with E-state index in [1.165, 1.54) is 32.1 Å². The standard InChI is InChI=1S/C17H35N3O2.HI/c1-4-18-17(20-10-11-22-13-12-21-3)19-9-8-16-7-5-6-15(2)14-16;/h15-16H,4-14H2,1-3H3,(H2,18,19,20);1H. The third-order valence-corrected chi connectivity index (χ3v) is 4.17. The summed E-state index contributed by atoms with van der Waals surface area (Å²) >= 11 is 0. The van der Waals surface area contributed by atoms with E-state index in [4.69, 9.17) is 9.47 Å². The monoisotopic (exact) mass is 441 g/mol. The second-order valence-corrected chi connectivity index (χ2v) is 6.22. The molecule has 2 atom stereocenters. The quantitative estimate of drug-likeness (QED) is 0.237. The molecule has 0 saturated heterocycles. The van der Waals surface area contributed by atoms with Gasteiger partial charge in [-0.3, -0.25) is 4.99 Å². The van der Waals surface area contributed by atoms with Gasteiger partial charge in [0.25, 0.3) is 0 Å². The summed E-state index contributed by atoms with van der Waals surface area (Å²) < 4.78 is 10.4. The van der Waals surface area contributed by atoms with Crippen LogP contribution >= 0.6 is 24.0 Å². The molecule has 0 radical (unpaired) electrons. The van der Waals surface area contributed by atoms with Crippen LogP contribution in [0.25, 0.3) is 0 Å². The van der Waals surface area contributed by atoms with E-state index < -0.39 is 0 Å². The van der Waals surface area contributed by atoms with Crippen molar-refractivity contribution in [3.8, 4) is 0 Å². The zero-order valence-electron chi connectivity index (χ0n) is 15.1. The minimum atomic E-state index is 0. The van der Waals surface area contributed by atoms with Gasteiger partial charge in [0.05, 0.1) is 19.8 Å². The van der Waals surface area contributed by atoms with Crippen molar-refractivity contribution in [3.63, 3.8) is 0 Å². The Hall–Kier alpha value is -0.0800. The molecule has 0 spiro atoms. The molecule has 1 saturated carbocycles. The van der Waals surface area contributed by atoms with Gasteiger partial charge in [-0.25, -0.2) is 0 Å². The molecule has 0 aromatic rings. The molecule has 1 fully saturated rings. The molecule has 0 aromatic heterocycles. The van der Waals surface area contributed by atoms with Crippen molar-refractivity contribution in [3.05, 3.63) is 0 Å². The second kappa shape index (κ2) is 15.4. The van der Waals surface area contributed by atoms with E-state index in [9.17, 15) is 0 Å². The zero-order valence-corrected chi connectivity index (χ0v) is 17.4. The van der Waals surface area contributed by atoms with Crippen LogP contribution in [0.5, 0.6) is 0 Å². The van der Waals surface area contributed by atoms with Crippen LogP contribution in [0.3, 0.4) is 0 Å². The number of nitrogens with zero attached hydrogens (tertiary/aromatic N) is 1. The molecule has 0 heterocycles. The molecular formula is C17H36IN3O2. The number of halogens is 1. The Labute approximate surface area is 159 Å². The number of rotatable bonds is 10. The number of hydrogen-bond acceptors (Lipinski definition) is 3. The Morgan fingerprint density at radius 2 is 2.00 bits per heavy atom. The third kappa shape index (κ3) is 12.0. The van der Waals surface area contributed by atoms with E-state index in [0.29, 0.717) is 19.8 Å². The molecule has 5 nitrogen and oxygen atoms in total. The first-order valence-electron chi connectivity index (χ1n) is 8.85. The molecule has 2 unspecified atom stereocenters. The molecule has 138 valence electrons. The first-order valence-corrected chi connectivity index (χ1v) is 8.85. The summed E-state index contributed by atoms with van der Waals surface area (Å²) in [6.45, 7) is 9.01. The van der Waals surface area contributed by atoms with E-state index >= 15 is 0 Å². The van der Waals surface area contributed by atoms with Gasteiger partial charge in [-0.05, 0) is 31.6 Å². The number of ether oxygens (including phenoxy) is 2. The topological polar surface area (TPSA) is 54.9 Å². The largest absolute Gasteiger partial charge is 0.382 e. The summed E-state index contributed by atoms with van der Waals surface area (Å²) in [5, 5.41) is 6.61. The smallest absolute Gasteiger partial charge is 0.191 e. The number of guanidine groups is 1. The normalized spacial score (nSPS) is 21.6. The van der Waals surface area contributed by atoms with Crippen LogP contribution in [-0.4, -0.2) is 52.5 Å². The van der Waals surface area contributed by atoms with Crippen molar-refractivity contribution in [2.45, 2.75) is 46.0 Å². The lowest BCUT2D eigenvalue weighted by Crippen LogP contribution is -2.39. The molecular weight excluding hydrogens is 405 g/mol. The Morgan fingerprint density at radius 1 is 1.17 bits per heavy atom. The third-order valence-electron chi connectivity index (χ3n) is 4.17. The van der Waals surface area contributed by atoms with Gasteiger partial charge in [0.2, 0.25) is 0 Å². The van der Waals surface area contributed by atoms with Crippen molar-refractivity contribution in [2.24, 2.45) is 16.8 Å². The summed E-state index contributed by atoms with van der Waals surface area (Å²) in [7, 11) is 1.69. The maximum atomic E-state index is 5.44. The molecule has 1 aliphatic rings. The maximum absolute atomic E-state index is 5.44. The molecule has 6 heteroatoms. The molecule has 0 aliphatic heterocycles. The fourth-order valence-corrected chi connectivity index (χ4v) is 3.01. The van der Waals surface area contributed by atoms with Crippen LogP contribution < -0.4 is 10.6 Å². The van der Waals surface area contributed by atoms with Crippen LogP contribution in [0.1, 0.15) is 46.0 Å². The summed E-state index contributed by atoms with van der Waals surface area (Å²) in [6, 6.07) is 0. The minimum absolute atomic E-state index is 0. The maximum Gasteiger partial charge on any atom is 0.191 e. The van der Waals surface area contributed by atoms with Gasteiger partial charge in [0, 0.05) is 26.7 Å². The number of aliphatic imine (C=N–C) groups is 1. The lowest BCUT2D eigenvalue weighted by atomic mass is 9.81. The van der Waals surface area contributed by atoms with Gasteiger partial charge in [-0.2, -0.15) is 0 Å². The molecule has 2 N–H and O–H groups in total. The van der Waals surface area contributed by atoms with Gasteiger partial charge in [-0.15, -0.1) is 24.0 Å². The predicted molar refractivity (Wildman–Crippen MR) is 108 cm³/mol. The lowest BCUT2D eigenvalue weighted by molar-refractivity contribution is 0.0733. The average Bonchev–Trinajstić information content (AvgIpc) is 2.51. The predicted octanol–water partition coefficient (Wildman–Crippen LogP) is 3.04. The Morgan fingerprint density at radius 3 is 2.70 bits per heavy atom. The highest BCUT2D eigenvalue weighted by molar-refractivity contribution is 14.0. The van der Waals surface area contributed by atoms with E-state index in [1.54, 1.807) is 7.11 Å². The van der Waals surface area contributed by atoms with Crippen molar-refractivity contribution in [1.82, 2.24) is 10.6 Å². The van der Waals surface area contributed by atoms with Gasteiger partial charge in [-0.1, -0.05) is 26.2 Å². The molecule has 1 rings (SSSR count). The number of nitrogens with one attached hydrogen (secondary N) is 2. The summed E-state index contributed by atoms with van der Waals surface area (Å²) in [5.41, 5.74) is 0. The Kier molecular flexibility index (Phi) is 15.4. The van der Waals surface area contributed by atoms with Gasteiger partial charge in [0.1, 0.15) is 0 Å². The summed E-state index contributed by atoms with van der Waals surface area (Å²) in [6.07, 6.45) is 6.79. The van der Waals surface area contributed by atoms with Crippen molar-refractivity contribution >= 4 is 29.9 Å². The SMILES string of the molecule is CCNC(=NCCC1CCCC(C)C1)NCCOCCOC.I. The van der Waals surface area contributed by atoms with Crippen LogP contribution in [0.4, 0.5) is 0 Å². The first kappa shape index (κ1) is 22.9.